The fraction of sp³-hybridized carbons (Fsp3) is 0.933. The lowest BCUT2D eigenvalue weighted by Gasteiger charge is -2.46. The minimum atomic E-state index is -1.94. The van der Waals surface area contributed by atoms with Crippen molar-refractivity contribution in [1.29, 1.82) is 0 Å². The van der Waals surface area contributed by atoms with Gasteiger partial charge in [-0.3, -0.25) is 4.79 Å². The summed E-state index contributed by atoms with van der Waals surface area (Å²) in [6.45, 7) is 14.2. The third kappa shape index (κ3) is 6.91. The quantitative estimate of drug-likeness (QED) is 0.649. The van der Waals surface area contributed by atoms with Gasteiger partial charge in [0.05, 0.1) is 12.7 Å². The van der Waals surface area contributed by atoms with E-state index in [9.17, 15) is 9.90 Å². The van der Waals surface area contributed by atoms with Gasteiger partial charge in [-0.05, 0) is 39.3 Å². The zero-order valence-electron chi connectivity index (χ0n) is 16.1. The molecule has 0 bridgehead atoms. The Labute approximate surface area is 147 Å². The summed E-state index contributed by atoms with van der Waals surface area (Å²) in [7, 11) is -2.10. The molecule has 142 valence electrons. The number of hydrogen-bond donors (Lipinski definition) is 2. The van der Waals surface area contributed by atoms with Crippen molar-refractivity contribution in [2.24, 2.45) is 0 Å². The number of hydrogen-bond acceptors (Lipinski definition) is 6. The van der Waals surface area contributed by atoms with Crippen LogP contribution in [0, 0.1) is 0 Å². The van der Waals surface area contributed by atoms with E-state index in [1.807, 2.05) is 0 Å². The Bertz CT molecular complexity index is 423. The third-order valence-electron chi connectivity index (χ3n) is 3.48. The van der Waals surface area contributed by atoms with E-state index in [1.54, 1.807) is 7.11 Å². The van der Waals surface area contributed by atoms with E-state index in [4.69, 9.17) is 18.3 Å². The maximum atomic E-state index is 11.5. The molecular weight excluding hydrogens is 346 g/mol. The van der Waals surface area contributed by atoms with Crippen LogP contribution in [0.4, 0.5) is 0 Å². The molecule has 0 aliphatic carbocycles. The summed E-state index contributed by atoms with van der Waals surface area (Å²) in [5.41, 5.74) is 0. The van der Waals surface area contributed by atoms with Gasteiger partial charge >= 0.3 is 0 Å². The van der Waals surface area contributed by atoms with Crippen LogP contribution in [0.5, 0.6) is 0 Å². The molecule has 0 radical (unpaired) electrons. The molecule has 1 aliphatic heterocycles. The average molecular weight is 380 g/mol. The molecule has 7 nitrogen and oxygen atoms in total. The van der Waals surface area contributed by atoms with Crippen LogP contribution in [0.15, 0.2) is 0 Å². The molecule has 1 rings (SSSR count). The Kier molecular flexibility index (Phi) is 7.60. The molecule has 0 aromatic heterocycles. The zero-order chi connectivity index (χ0) is 18.7. The van der Waals surface area contributed by atoms with Gasteiger partial charge in [0.1, 0.15) is 18.2 Å². The Morgan fingerprint density at radius 2 is 1.71 bits per heavy atom. The lowest BCUT2D eigenvalue weighted by molar-refractivity contribution is -0.254. The number of carbonyl (C=O) groups excluding carboxylic acids is 1. The normalized spacial score (nSPS) is 31.8. The Morgan fingerprint density at radius 1 is 1.12 bits per heavy atom. The second kappa shape index (κ2) is 8.39. The van der Waals surface area contributed by atoms with Crippen molar-refractivity contribution in [2.45, 2.75) is 76.8 Å². The zero-order valence-corrected chi connectivity index (χ0v) is 18.1. The van der Waals surface area contributed by atoms with Gasteiger partial charge in [0.15, 0.2) is 22.9 Å². The Morgan fingerprint density at radius 3 is 2.12 bits per heavy atom. The SMILES string of the molecule is CO[C@@H]1[C@H](O[Si](C)(C)C)[C@@H](NC(C)=O)[C@@H](O)O[C@@H]1CO[Si](C)(C)C. The Hall–Kier alpha value is -0.296. The summed E-state index contributed by atoms with van der Waals surface area (Å²) in [4.78, 5) is 11.5. The summed E-state index contributed by atoms with van der Waals surface area (Å²) in [5.74, 6) is -0.251. The predicted molar refractivity (Wildman–Crippen MR) is 96.8 cm³/mol. The molecule has 1 heterocycles. The van der Waals surface area contributed by atoms with Gasteiger partial charge in [-0.25, -0.2) is 0 Å². The van der Waals surface area contributed by atoms with Crippen molar-refractivity contribution < 1.29 is 28.2 Å². The van der Waals surface area contributed by atoms with Gasteiger partial charge in [0.25, 0.3) is 0 Å². The van der Waals surface area contributed by atoms with E-state index in [0.29, 0.717) is 6.61 Å². The van der Waals surface area contributed by atoms with Crippen LogP contribution in [0.3, 0.4) is 0 Å². The highest BCUT2D eigenvalue weighted by molar-refractivity contribution is 6.70. The number of carbonyl (C=O) groups is 1. The first-order valence-electron chi connectivity index (χ1n) is 8.29. The molecule has 24 heavy (non-hydrogen) atoms. The summed E-state index contributed by atoms with van der Waals surface area (Å²) < 4.78 is 23.5. The fourth-order valence-electron chi connectivity index (χ4n) is 2.61. The van der Waals surface area contributed by atoms with Crippen molar-refractivity contribution in [3.63, 3.8) is 0 Å². The van der Waals surface area contributed by atoms with E-state index in [-0.39, 0.29) is 5.91 Å². The van der Waals surface area contributed by atoms with Crippen LogP contribution in [0.25, 0.3) is 0 Å². The number of nitrogens with one attached hydrogen (secondary N) is 1. The molecule has 1 saturated heterocycles. The largest absolute Gasteiger partial charge is 0.415 e. The topological polar surface area (TPSA) is 86.3 Å². The van der Waals surface area contributed by atoms with Crippen LogP contribution in [-0.4, -0.2) is 72.0 Å². The molecule has 2 N–H and O–H groups in total. The average Bonchev–Trinajstić information content (AvgIpc) is 2.37. The number of ether oxygens (including phenoxy) is 2. The molecule has 1 fully saturated rings. The van der Waals surface area contributed by atoms with Crippen molar-refractivity contribution in [3.8, 4) is 0 Å². The highest BCUT2D eigenvalue weighted by Gasteiger charge is 2.48. The van der Waals surface area contributed by atoms with E-state index in [0.717, 1.165) is 0 Å². The maximum Gasteiger partial charge on any atom is 0.217 e. The smallest absolute Gasteiger partial charge is 0.217 e. The minimum Gasteiger partial charge on any atom is -0.415 e. The molecule has 1 amide bonds. The van der Waals surface area contributed by atoms with Crippen molar-refractivity contribution >= 4 is 22.5 Å². The van der Waals surface area contributed by atoms with E-state index in [2.05, 4.69) is 44.6 Å². The number of amides is 1. The molecule has 0 aromatic carbocycles. The van der Waals surface area contributed by atoms with Gasteiger partial charge in [0.2, 0.25) is 5.91 Å². The van der Waals surface area contributed by atoms with E-state index >= 15 is 0 Å². The van der Waals surface area contributed by atoms with E-state index < -0.39 is 47.3 Å². The molecule has 0 spiro atoms. The van der Waals surface area contributed by atoms with Gasteiger partial charge in [-0.15, -0.1) is 0 Å². The molecular formula is C15H33NO6Si2. The number of aliphatic hydroxyl groups excluding tert-OH is 1. The molecule has 1 aliphatic rings. The lowest BCUT2D eigenvalue weighted by Crippen LogP contribution is -2.67. The maximum absolute atomic E-state index is 11.5. The highest BCUT2D eigenvalue weighted by Crippen LogP contribution is 2.28. The van der Waals surface area contributed by atoms with Crippen molar-refractivity contribution in [2.75, 3.05) is 13.7 Å². The van der Waals surface area contributed by atoms with Crippen molar-refractivity contribution in [1.82, 2.24) is 5.32 Å². The molecule has 0 aromatic rings. The summed E-state index contributed by atoms with van der Waals surface area (Å²) in [6.07, 6.45) is -2.56. The number of rotatable bonds is 7. The van der Waals surface area contributed by atoms with E-state index in [1.165, 1.54) is 6.92 Å². The van der Waals surface area contributed by atoms with Gasteiger partial charge in [0, 0.05) is 14.0 Å². The molecule has 5 atom stereocenters. The fourth-order valence-corrected chi connectivity index (χ4v) is 4.37. The van der Waals surface area contributed by atoms with Crippen LogP contribution in [0.2, 0.25) is 39.3 Å². The standard InChI is InChI=1S/C15H33NO6Si2/c1-10(17)16-12-14(22-24(6,7)8)13(19-2)11(21-15(12)18)9-20-23(3,4)5/h11-15,18H,9H2,1-8H3,(H,16,17)/t11-,12-,13+,14-,15+/m1/s1. The second-order valence-corrected chi connectivity index (χ2v) is 17.1. The van der Waals surface area contributed by atoms with Gasteiger partial charge in [-0.1, -0.05) is 0 Å². The first-order valence-corrected chi connectivity index (χ1v) is 15.1. The lowest BCUT2D eigenvalue weighted by atomic mass is 9.97. The summed E-state index contributed by atoms with van der Waals surface area (Å²) in [5, 5.41) is 13.1. The summed E-state index contributed by atoms with van der Waals surface area (Å²) >= 11 is 0. The van der Waals surface area contributed by atoms with Crippen LogP contribution in [-0.2, 0) is 23.1 Å². The highest BCUT2D eigenvalue weighted by atomic mass is 28.4. The second-order valence-electron chi connectivity index (χ2n) is 8.11. The van der Waals surface area contributed by atoms with Gasteiger partial charge < -0.3 is 28.7 Å². The summed E-state index contributed by atoms with van der Waals surface area (Å²) in [6, 6.07) is -0.678. The third-order valence-corrected chi connectivity index (χ3v) is 5.49. The van der Waals surface area contributed by atoms with Gasteiger partial charge in [-0.2, -0.15) is 0 Å². The number of methoxy groups -OCH3 is 1. The Balaban J connectivity index is 3.02. The number of aliphatic hydroxyl groups is 1. The monoisotopic (exact) mass is 379 g/mol. The van der Waals surface area contributed by atoms with Crippen LogP contribution < -0.4 is 5.32 Å². The van der Waals surface area contributed by atoms with Crippen molar-refractivity contribution in [3.05, 3.63) is 0 Å². The predicted octanol–water partition coefficient (Wildman–Crippen LogP) is 1.29. The molecule has 9 heteroatoms. The molecule has 0 saturated carbocycles. The first kappa shape index (κ1) is 21.7. The first-order chi connectivity index (χ1) is 10.8. The van der Waals surface area contributed by atoms with Crippen LogP contribution in [0.1, 0.15) is 6.92 Å². The minimum absolute atomic E-state index is 0.251. The molecule has 0 unspecified atom stereocenters. The van der Waals surface area contributed by atoms with Crippen LogP contribution >= 0.6 is 0 Å².